The van der Waals surface area contributed by atoms with E-state index < -0.39 is 5.92 Å². The van der Waals surface area contributed by atoms with Crippen LogP contribution in [0.15, 0.2) is 97.1 Å². The van der Waals surface area contributed by atoms with E-state index >= 15 is 0 Å². The summed E-state index contributed by atoms with van der Waals surface area (Å²) in [6, 6.07) is 30.9. The Morgan fingerprint density at radius 1 is 0.778 bits per heavy atom. The summed E-state index contributed by atoms with van der Waals surface area (Å²) in [7, 11) is 0. The second-order valence-corrected chi connectivity index (χ2v) is 9.15. The van der Waals surface area contributed by atoms with E-state index in [1.807, 2.05) is 78.3 Å². The van der Waals surface area contributed by atoms with Crippen LogP contribution >= 0.6 is 0 Å². The largest absolute Gasteiger partial charge is 0.489 e. The first-order valence-electron chi connectivity index (χ1n) is 12.0. The Hall–Kier alpha value is -4.51. The van der Waals surface area contributed by atoms with Gasteiger partial charge in [-0.2, -0.15) is 5.10 Å². The van der Waals surface area contributed by atoms with Crippen LogP contribution in [0, 0.1) is 6.92 Å². The predicted octanol–water partition coefficient (Wildman–Crippen LogP) is 6.13. The number of hydrogen-bond donors (Lipinski definition) is 0. The molecule has 0 radical (unpaired) electrons. The van der Waals surface area contributed by atoms with Gasteiger partial charge in [0, 0.05) is 16.5 Å². The molecule has 5 heteroatoms. The SMILES string of the molecule is Cc1nn(Cc2ccccc2)c2cc(C3C(=O)c4ccc(OCc5ccccc5)cc4C3=O)ccc12. The van der Waals surface area contributed by atoms with E-state index in [-0.39, 0.29) is 11.6 Å². The average molecular weight is 473 g/mol. The number of ketones is 2. The van der Waals surface area contributed by atoms with Crippen molar-refractivity contribution in [1.82, 2.24) is 9.78 Å². The summed E-state index contributed by atoms with van der Waals surface area (Å²) >= 11 is 0. The van der Waals surface area contributed by atoms with E-state index in [1.54, 1.807) is 18.2 Å². The van der Waals surface area contributed by atoms with E-state index in [1.165, 1.54) is 0 Å². The summed E-state index contributed by atoms with van der Waals surface area (Å²) in [5, 5.41) is 5.73. The van der Waals surface area contributed by atoms with E-state index in [0.29, 0.717) is 35.6 Å². The highest BCUT2D eigenvalue weighted by Crippen LogP contribution is 2.37. The lowest BCUT2D eigenvalue weighted by atomic mass is 9.93. The molecule has 0 spiro atoms. The van der Waals surface area contributed by atoms with Crippen LogP contribution in [-0.2, 0) is 13.2 Å². The van der Waals surface area contributed by atoms with Gasteiger partial charge >= 0.3 is 0 Å². The van der Waals surface area contributed by atoms with Gasteiger partial charge in [-0.3, -0.25) is 14.3 Å². The maximum atomic E-state index is 13.5. The molecule has 0 bridgehead atoms. The molecule has 1 atom stereocenters. The quantitative estimate of drug-likeness (QED) is 0.279. The maximum Gasteiger partial charge on any atom is 0.178 e. The Balaban J connectivity index is 1.30. The maximum absolute atomic E-state index is 13.5. The van der Waals surface area contributed by atoms with Gasteiger partial charge in [-0.1, -0.05) is 72.8 Å². The molecule has 176 valence electrons. The third kappa shape index (κ3) is 3.89. The average Bonchev–Trinajstić information content (AvgIpc) is 3.35. The van der Waals surface area contributed by atoms with Crippen LogP contribution in [0.3, 0.4) is 0 Å². The lowest BCUT2D eigenvalue weighted by Gasteiger charge is -2.09. The van der Waals surface area contributed by atoms with Crippen LogP contribution < -0.4 is 4.74 Å². The van der Waals surface area contributed by atoms with Gasteiger partial charge in [0.1, 0.15) is 18.3 Å². The van der Waals surface area contributed by atoms with Gasteiger partial charge in [0.05, 0.1) is 17.8 Å². The summed E-state index contributed by atoms with van der Waals surface area (Å²) in [4.78, 5) is 26.8. The number of Topliss-reactive ketones (excluding diaryl/α,β-unsaturated/α-hetero) is 2. The lowest BCUT2D eigenvalue weighted by Crippen LogP contribution is -2.13. The van der Waals surface area contributed by atoms with Crippen LogP contribution in [0.25, 0.3) is 10.9 Å². The molecule has 1 unspecified atom stereocenters. The fraction of sp³-hybridized carbons (Fsp3) is 0.129. The minimum Gasteiger partial charge on any atom is -0.489 e. The van der Waals surface area contributed by atoms with Crippen molar-refractivity contribution in [3.05, 3.63) is 131 Å². The summed E-state index contributed by atoms with van der Waals surface area (Å²) in [6.45, 7) is 2.98. The third-order valence-corrected chi connectivity index (χ3v) is 6.76. The molecular formula is C31H24N2O3. The van der Waals surface area contributed by atoms with Gasteiger partial charge in [0.2, 0.25) is 0 Å². The molecule has 1 aliphatic carbocycles. The lowest BCUT2D eigenvalue weighted by molar-refractivity contribution is 0.0890. The molecule has 0 N–H and O–H groups in total. The molecule has 1 aromatic heterocycles. The zero-order valence-electron chi connectivity index (χ0n) is 19.8. The van der Waals surface area contributed by atoms with E-state index in [9.17, 15) is 9.59 Å². The number of rotatable bonds is 6. The van der Waals surface area contributed by atoms with Crippen LogP contribution in [0.2, 0.25) is 0 Å². The van der Waals surface area contributed by atoms with E-state index in [4.69, 9.17) is 9.84 Å². The van der Waals surface area contributed by atoms with Gasteiger partial charge < -0.3 is 4.74 Å². The van der Waals surface area contributed by atoms with Crippen molar-refractivity contribution < 1.29 is 14.3 Å². The number of ether oxygens (including phenoxy) is 1. The fourth-order valence-corrected chi connectivity index (χ4v) is 4.92. The van der Waals surface area contributed by atoms with Crippen molar-refractivity contribution in [2.45, 2.75) is 26.0 Å². The van der Waals surface area contributed by atoms with Gasteiger partial charge in [0.15, 0.2) is 11.6 Å². The topological polar surface area (TPSA) is 61.2 Å². The molecule has 6 rings (SSSR count). The Bertz CT molecular complexity index is 1600. The van der Waals surface area contributed by atoms with Crippen molar-refractivity contribution in [3.8, 4) is 5.75 Å². The van der Waals surface area contributed by atoms with Crippen LogP contribution in [0.4, 0.5) is 0 Å². The smallest absolute Gasteiger partial charge is 0.178 e. The van der Waals surface area contributed by atoms with Crippen LogP contribution in [-0.4, -0.2) is 21.3 Å². The minimum absolute atomic E-state index is 0.171. The zero-order chi connectivity index (χ0) is 24.6. The molecule has 4 aromatic carbocycles. The molecule has 0 aliphatic heterocycles. The number of benzene rings is 4. The molecule has 0 saturated carbocycles. The van der Waals surface area contributed by atoms with Gasteiger partial charge in [-0.25, -0.2) is 0 Å². The number of aryl methyl sites for hydroxylation is 1. The Morgan fingerprint density at radius 3 is 2.22 bits per heavy atom. The molecule has 36 heavy (non-hydrogen) atoms. The van der Waals surface area contributed by atoms with E-state index in [0.717, 1.165) is 27.7 Å². The molecule has 0 saturated heterocycles. The molecule has 1 aliphatic rings. The first-order valence-corrected chi connectivity index (χ1v) is 12.0. The zero-order valence-corrected chi connectivity index (χ0v) is 19.8. The minimum atomic E-state index is -0.853. The summed E-state index contributed by atoms with van der Waals surface area (Å²) in [5.41, 5.74) is 5.56. The van der Waals surface area contributed by atoms with Crippen molar-refractivity contribution in [1.29, 1.82) is 0 Å². The van der Waals surface area contributed by atoms with Crippen molar-refractivity contribution in [3.63, 3.8) is 0 Å². The third-order valence-electron chi connectivity index (χ3n) is 6.76. The second-order valence-electron chi connectivity index (χ2n) is 9.15. The first kappa shape index (κ1) is 22.0. The van der Waals surface area contributed by atoms with Gasteiger partial charge in [0.25, 0.3) is 0 Å². The monoisotopic (exact) mass is 472 g/mol. The van der Waals surface area contributed by atoms with Crippen molar-refractivity contribution in [2.24, 2.45) is 0 Å². The van der Waals surface area contributed by atoms with Crippen molar-refractivity contribution in [2.75, 3.05) is 0 Å². The Morgan fingerprint density at radius 2 is 1.47 bits per heavy atom. The molecule has 5 aromatic rings. The number of fused-ring (bicyclic) bond motifs is 2. The first-order chi connectivity index (χ1) is 17.6. The van der Waals surface area contributed by atoms with Crippen molar-refractivity contribution >= 4 is 22.5 Å². The number of nitrogens with zero attached hydrogens (tertiary/aromatic N) is 2. The van der Waals surface area contributed by atoms with Gasteiger partial charge in [-0.05, 0) is 47.9 Å². The molecule has 5 nitrogen and oxygen atoms in total. The number of aromatic nitrogens is 2. The van der Waals surface area contributed by atoms with Crippen LogP contribution in [0.5, 0.6) is 5.75 Å². The highest BCUT2D eigenvalue weighted by Gasteiger charge is 2.40. The fourth-order valence-electron chi connectivity index (χ4n) is 4.92. The predicted molar refractivity (Wildman–Crippen MR) is 139 cm³/mol. The van der Waals surface area contributed by atoms with Gasteiger partial charge in [-0.15, -0.1) is 0 Å². The molecular weight excluding hydrogens is 448 g/mol. The second kappa shape index (κ2) is 8.93. The summed E-state index contributed by atoms with van der Waals surface area (Å²) in [5.74, 6) is -0.638. The standard InChI is InChI=1S/C31H24N2O3/c1-20-25-14-12-23(16-28(25)33(32-20)18-21-8-4-2-5-9-21)29-30(34)26-15-13-24(17-27(26)31(29)35)36-19-22-10-6-3-7-11-22/h2-17,29H,18-19H2,1H3. The number of hydrogen-bond acceptors (Lipinski definition) is 4. The highest BCUT2D eigenvalue weighted by atomic mass is 16.5. The molecule has 0 fully saturated rings. The summed E-state index contributed by atoms with van der Waals surface area (Å²) < 4.78 is 7.84. The van der Waals surface area contributed by atoms with Crippen LogP contribution in [0.1, 0.15) is 49.0 Å². The Labute approximate surface area is 209 Å². The van der Waals surface area contributed by atoms with E-state index in [2.05, 4.69) is 12.1 Å². The number of carbonyl (C=O) groups is 2. The summed E-state index contributed by atoms with van der Waals surface area (Å²) in [6.07, 6.45) is 0. The normalized spacial score (nSPS) is 14.9. The molecule has 0 amide bonds. The highest BCUT2D eigenvalue weighted by molar-refractivity contribution is 6.30. The Kier molecular flexibility index (Phi) is 5.45. The molecule has 1 heterocycles. The number of carbonyl (C=O) groups excluding carboxylic acids is 2.